The molecule has 5 nitrogen and oxygen atoms in total. The third-order valence-corrected chi connectivity index (χ3v) is 3.79. The molecule has 0 amide bonds. The van der Waals surface area contributed by atoms with Crippen molar-refractivity contribution in [2.45, 2.75) is 26.2 Å². The molecule has 0 aliphatic rings. The number of para-hydroxylation sites is 2. The summed E-state index contributed by atoms with van der Waals surface area (Å²) in [5.74, 6) is 2.54. The molecule has 0 aliphatic heterocycles. The molecule has 2 aromatic rings. The van der Waals surface area contributed by atoms with E-state index in [9.17, 15) is 0 Å². The summed E-state index contributed by atoms with van der Waals surface area (Å²) in [6.07, 6.45) is 2.96. The van der Waals surface area contributed by atoms with Crippen LogP contribution in [0.25, 0.3) is 0 Å². The Balaban J connectivity index is 0.00000364. The van der Waals surface area contributed by atoms with Crippen LogP contribution >= 0.6 is 12.4 Å². The molecule has 0 unspecified atom stereocenters. The quantitative estimate of drug-likeness (QED) is 0.327. The maximum absolute atomic E-state index is 7.74. The van der Waals surface area contributed by atoms with Crippen LogP contribution in [0.4, 0.5) is 0 Å². The standard InChI is InChI=1S/C21H27NO4.ClH/c1-3-24-21(22)17-11-13-18(14-12-17)25-15-7-4-8-16-26-20-10-6-5-9-19(20)23-2;/h5-6,9-14,22H,3-4,7-8,15-16H2,1-2H3;1H. The molecule has 0 saturated heterocycles. The van der Waals surface area contributed by atoms with Gasteiger partial charge in [-0.1, -0.05) is 12.1 Å². The van der Waals surface area contributed by atoms with Gasteiger partial charge in [-0.2, -0.15) is 0 Å². The van der Waals surface area contributed by atoms with E-state index in [4.69, 9.17) is 24.4 Å². The van der Waals surface area contributed by atoms with Gasteiger partial charge in [-0.05, 0) is 62.6 Å². The lowest BCUT2D eigenvalue weighted by atomic mass is 10.2. The zero-order chi connectivity index (χ0) is 18.6. The summed E-state index contributed by atoms with van der Waals surface area (Å²) in [6, 6.07) is 15.1. The van der Waals surface area contributed by atoms with Crippen molar-refractivity contribution in [3.8, 4) is 17.2 Å². The van der Waals surface area contributed by atoms with Crippen LogP contribution in [0.5, 0.6) is 17.2 Å². The first-order chi connectivity index (χ1) is 12.7. The van der Waals surface area contributed by atoms with Gasteiger partial charge in [0.25, 0.3) is 0 Å². The maximum Gasteiger partial charge on any atom is 0.213 e. The summed E-state index contributed by atoms with van der Waals surface area (Å²) in [6.45, 7) is 3.69. The average Bonchev–Trinajstić information content (AvgIpc) is 2.68. The summed E-state index contributed by atoms with van der Waals surface area (Å²) < 4.78 is 21.9. The number of halogens is 1. The fourth-order valence-electron chi connectivity index (χ4n) is 2.42. The van der Waals surface area contributed by atoms with E-state index < -0.39 is 0 Å². The maximum atomic E-state index is 7.74. The number of rotatable bonds is 11. The molecule has 148 valence electrons. The molecular weight excluding hydrogens is 366 g/mol. The molecule has 27 heavy (non-hydrogen) atoms. The third kappa shape index (κ3) is 7.79. The highest BCUT2D eigenvalue weighted by Gasteiger charge is 2.03. The Labute approximate surface area is 167 Å². The van der Waals surface area contributed by atoms with Gasteiger partial charge in [0.2, 0.25) is 5.90 Å². The molecule has 0 aromatic heterocycles. The summed E-state index contributed by atoms with van der Waals surface area (Å²) in [5, 5.41) is 7.74. The minimum absolute atomic E-state index is 0. The molecule has 0 aliphatic carbocycles. The van der Waals surface area contributed by atoms with Crippen LogP contribution < -0.4 is 14.2 Å². The van der Waals surface area contributed by atoms with E-state index in [2.05, 4.69) is 0 Å². The Morgan fingerprint density at radius 2 is 1.48 bits per heavy atom. The van der Waals surface area contributed by atoms with Crippen LogP contribution in [0.2, 0.25) is 0 Å². The highest BCUT2D eigenvalue weighted by molar-refractivity contribution is 5.91. The van der Waals surface area contributed by atoms with E-state index in [0.29, 0.717) is 19.8 Å². The van der Waals surface area contributed by atoms with Gasteiger partial charge in [-0.3, -0.25) is 5.41 Å². The van der Waals surface area contributed by atoms with Crippen LogP contribution in [0.1, 0.15) is 31.7 Å². The first kappa shape index (κ1) is 22.6. The predicted molar refractivity (Wildman–Crippen MR) is 110 cm³/mol. The smallest absolute Gasteiger partial charge is 0.213 e. The molecule has 0 bridgehead atoms. The van der Waals surface area contributed by atoms with Crippen LogP contribution in [0, 0.1) is 5.41 Å². The van der Waals surface area contributed by atoms with Gasteiger partial charge in [0.1, 0.15) is 5.75 Å². The van der Waals surface area contributed by atoms with Gasteiger partial charge < -0.3 is 18.9 Å². The van der Waals surface area contributed by atoms with Crippen LogP contribution in [-0.4, -0.2) is 32.8 Å². The molecule has 6 heteroatoms. The summed E-state index contributed by atoms with van der Waals surface area (Å²) in [5.41, 5.74) is 0.757. The average molecular weight is 394 g/mol. The van der Waals surface area contributed by atoms with Crippen molar-refractivity contribution in [2.24, 2.45) is 0 Å². The minimum atomic E-state index is 0. The molecule has 0 radical (unpaired) electrons. The molecule has 0 saturated carbocycles. The summed E-state index contributed by atoms with van der Waals surface area (Å²) in [4.78, 5) is 0. The van der Waals surface area contributed by atoms with Crippen molar-refractivity contribution in [1.82, 2.24) is 0 Å². The molecule has 1 N–H and O–H groups in total. The Hall–Kier alpha value is -2.40. The number of nitrogens with one attached hydrogen (secondary N) is 1. The van der Waals surface area contributed by atoms with E-state index in [1.54, 1.807) is 7.11 Å². The molecular formula is C21H28ClNO4. The molecule has 2 aromatic carbocycles. The number of benzene rings is 2. The van der Waals surface area contributed by atoms with Crippen molar-refractivity contribution in [1.29, 1.82) is 5.41 Å². The van der Waals surface area contributed by atoms with Gasteiger partial charge in [-0.15, -0.1) is 12.4 Å². The van der Waals surface area contributed by atoms with Crippen molar-refractivity contribution in [3.05, 3.63) is 54.1 Å². The monoisotopic (exact) mass is 393 g/mol. The highest BCUT2D eigenvalue weighted by Crippen LogP contribution is 2.25. The van der Waals surface area contributed by atoms with E-state index in [1.165, 1.54) is 0 Å². The predicted octanol–water partition coefficient (Wildman–Crippen LogP) is 5.11. The first-order valence-corrected chi connectivity index (χ1v) is 8.95. The normalized spacial score (nSPS) is 9.85. The van der Waals surface area contributed by atoms with Crippen LogP contribution in [0.3, 0.4) is 0 Å². The Morgan fingerprint density at radius 1 is 0.852 bits per heavy atom. The second-order valence-electron chi connectivity index (χ2n) is 5.69. The van der Waals surface area contributed by atoms with E-state index in [-0.39, 0.29) is 18.3 Å². The number of methoxy groups -OCH3 is 1. The Kier molecular flexibility index (Phi) is 10.8. The highest BCUT2D eigenvalue weighted by atomic mass is 35.5. The first-order valence-electron chi connectivity index (χ1n) is 8.95. The van der Waals surface area contributed by atoms with Crippen molar-refractivity contribution >= 4 is 18.3 Å². The van der Waals surface area contributed by atoms with E-state index >= 15 is 0 Å². The third-order valence-electron chi connectivity index (χ3n) is 3.79. The van der Waals surface area contributed by atoms with Crippen molar-refractivity contribution in [3.63, 3.8) is 0 Å². The zero-order valence-electron chi connectivity index (χ0n) is 15.9. The Bertz CT molecular complexity index is 676. The number of hydrogen-bond donors (Lipinski definition) is 1. The molecule has 0 heterocycles. The van der Waals surface area contributed by atoms with E-state index in [1.807, 2.05) is 55.5 Å². The van der Waals surface area contributed by atoms with Crippen molar-refractivity contribution < 1.29 is 18.9 Å². The largest absolute Gasteiger partial charge is 0.494 e. The topological polar surface area (TPSA) is 60.8 Å². The van der Waals surface area contributed by atoms with Gasteiger partial charge in [-0.25, -0.2) is 0 Å². The fourth-order valence-corrected chi connectivity index (χ4v) is 2.42. The van der Waals surface area contributed by atoms with Gasteiger partial charge in [0.05, 0.1) is 26.9 Å². The number of unbranched alkanes of at least 4 members (excludes halogenated alkanes) is 2. The lowest BCUT2D eigenvalue weighted by Crippen LogP contribution is -2.05. The zero-order valence-corrected chi connectivity index (χ0v) is 16.7. The lowest BCUT2D eigenvalue weighted by Gasteiger charge is -2.10. The second-order valence-corrected chi connectivity index (χ2v) is 5.69. The van der Waals surface area contributed by atoms with Gasteiger partial charge in [0, 0.05) is 5.56 Å². The van der Waals surface area contributed by atoms with Gasteiger partial charge in [0.15, 0.2) is 11.5 Å². The lowest BCUT2D eigenvalue weighted by molar-refractivity contribution is 0.270. The molecule has 0 atom stereocenters. The summed E-state index contributed by atoms with van der Waals surface area (Å²) in [7, 11) is 1.64. The van der Waals surface area contributed by atoms with E-state index in [0.717, 1.165) is 42.1 Å². The number of ether oxygens (including phenoxy) is 4. The van der Waals surface area contributed by atoms with Crippen LogP contribution in [0.15, 0.2) is 48.5 Å². The number of hydrogen-bond acceptors (Lipinski definition) is 5. The van der Waals surface area contributed by atoms with Crippen molar-refractivity contribution in [2.75, 3.05) is 26.9 Å². The fraction of sp³-hybridized carbons (Fsp3) is 0.381. The molecule has 0 spiro atoms. The minimum Gasteiger partial charge on any atom is -0.494 e. The van der Waals surface area contributed by atoms with Crippen LogP contribution in [-0.2, 0) is 4.74 Å². The summed E-state index contributed by atoms with van der Waals surface area (Å²) >= 11 is 0. The van der Waals surface area contributed by atoms with Gasteiger partial charge >= 0.3 is 0 Å². The molecule has 2 rings (SSSR count). The molecule has 0 fully saturated rings. The SMILES string of the molecule is CCOC(=N)c1ccc(OCCCCCOc2ccccc2OC)cc1.Cl. The Morgan fingerprint density at radius 3 is 2.11 bits per heavy atom. The second kappa shape index (κ2) is 12.9.